The molecular weight excluding hydrogens is 386 g/mol. The van der Waals surface area contributed by atoms with E-state index in [-0.39, 0.29) is 11.2 Å². The summed E-state index contributed by atoms with van der Waals surface area (Å²) in [6, 6.07) is 11.5. The van der Waals surface area contributed by atoms with Gasteiger partial charge in [0.2, 0.25) is 5.91 Å². The molecule has 152 valence electrons. The molecule has 0 aliphatic heterocycles. The second-order valence-corrected chi connectivity index (χ2v) is 7.93. The number of hydrogen-bond acceptors (Lipinski definition) is 5. The first kappa shape index (κ1) is 20.8. The lowest BCUT2D eigenvalue weighted by Crippen LogP contribution is -2.23. The maximum atomic E-state index is 12.7. The Hall–Kier alpha value is -2.93. The van der Waals surface area contributed by atoms with Crippen molar-refractivity contribution in [2.75, 3.05) is 19.5 Å². The Labute approximate surface area is 175 Å². The summed E-state index contributed by atoms with van der Waals surface area (Å²) in [4.78, 5) is 17.2. The third-order valence-corrected chi connectivity index (χ3v) is 5.83. The number of carbonyl (C=O) groups is 1. The summed E-state index contributed by atoms with van der Waals surface area (Å²) in [5, 5.41) is 3.36. The molecule has 1 heterocycles. The van der Waals surface area contributed by atoms with Crippen molar-refractivity contribution in [3.8, 4) is 17.2 Å². The fourth-order valence-corrected chi connectivity index (χ4v) is 3.80. The standard InChI is InChI=1S/C22H25N3O3S/c1-14-7-6-8-18(15(14)2)25-12-11-23-22(25)29-16(3)21(26)24-17-9-10-19(27-4)20(13-17)28-5/h6-13,16H,1-5H3,(H,24,26). The monoisotopic (exact) mass is 411 g/mol. The van der Waals surface area contributed by atoms with Crippen LogP contribution in [0.25, 0.3) is 5.69 Å². The molecule has 0 bridgehead atoms. The minimum atomic E-state index is -0.339. The highest BCUT2D eigenvalue weighted by molar-refractivity contribution is 8.00. The highest BCUT2D eigenvalue weighted by atomic mass is 32.2. The van der Waals surface area contributed by atoms with Crippen LogP contribution < -0.4 is 14.8 Å². The lowest BCUT2D eigenvalue weighted by atomic mass is 10.1. The van der Waals surface area contributed by atoms with Gasteiger partial charge >= 0.3 is 0 Å². The van der Waals surface area contributed by atoms with E-state index in [2.05, 4.69) is 36.3 Å². The average molecular weight is 412 g/mol. The van der Waals surface area contributed by atoms with Gasteiger partial charge < -0.3 is 14.8 Å². The average Bonchev–Trinajstić information content (AvgIpc) is 3.17. The van der Waals surface area contributed by atoms with Gasteiger partial charge in [-0.25, -0.2) is 4.98 Å². The Balaban J connectivity index is 1.74. The summed E-state index contributed by atoms with van der Waals surface area (Å²) in [5.74, 6) is 1.07. The summed E-state index contributed by atoms with van der Waals surface area (Å²) in [6.45, 7) is 6.04. The molecule has 0 spiro atoms. The van der Waals surface area contributed by atoms with Crippen LogP contribution in [-0.2, 0) is 4.79 Å². The van der Waals surface area contributed by atoms with Crippen molar-refractivity contribution in [1.82, 2.24) is 9.55 Å². The van der Waals surface area contributed by atoms with Crippen molar-refractivity contribution in [2.24, 2.45) is 0 Å². The van der Waals surface area contributed by atoms with Gasteiger partial charge in [-0.2, -0.15) is 0 Å². The zero-order valence-corrected chi connectivity index (χ0v) is 18.0. The topological polar surface area (TPSA) is 65.4 Å². The van der Waals surface area contributed by atoms with Gasteiger partial charge in [0.25, 0.3) is 0 Å². The number of nitrogens with one attached hydrogen (secondary N) is 1. The predicted molar refractivity (Wildman–Crippen MR) is 117 cm³/mol. The smallest absolute Gasteiger partial charge is 0.237 e. The summed E-state index contributed by atoms with van der Waals surface area (Å²) < 4.78 is 12.6. The lowest BCUT2D eigenvalue weighted by molar-refractivity contribution is -0.115. The predicted octanol–water partition coefficient (Wildman–Crippen LogP) is 4.63. The van der Waals surface area contributed by atoms with E-state index in [0.29, 0.717) is 17.2 Å². The van der Waals surface area contributed by atoms with Crippen molar-refractivity contribution in [3.63, 3.8) is 0 Å². The number of ether oxygens (including phenoxy) is 2. The Kier molecular flexibility index (Phi) is 6.49. The zero-order valence-electron chi connectivity index (χ0n) is 17.2. The van der Waals surface area contributed by atoms with E-state index in [0.717, 1.165) is 10.8 Å². The molecule has 1 amide bonds. The summed E-state index contributed by atoms with van der Waals surface area (Å²) in [6.07, 6.45) is 3.67. The van der Waals surface area contributed by atoms with Crippen LogP contribution in [0.1, 0.15) is 18.1 Å². The fraction of sp³-hybridized carbons (Fsp3) is 0.273. The number of rotatable bonds is 7. The maximum absolute atomic E-state index is 12.7. The molecule has 0 radical (unpaired) electrons. The Morgan fingerprint density at radius 3 is 2.62 bits per heavy atom. The minimum absolute atomic E-state index is 0.113. The van der Waals surface area contributed by atoms with E-state index < -0.39 is 0 Å². The fourth-order valence-electron chi connectivity index (χ4n) is 2.93. The summed E-state index contributed by atoms with van der Waals surface area (Å²) >= 11 is 1.42. The van der Waals surface area contributed by atoms with Gasteiger partial charge in [-0.1, -0.05) is 23.9 Å². The molecule has 6 nitrogen and oxygen atoms in total. The molecule has 7 heteroatoms. The Morgan fingerprint density at radius 1 is 1.14 bits per heavy atom. The van der Waals surface area contributed by atoms with Gasteiger partial charge in [0.1, 0.15) is 0 Å². The second kappa shape index (κ2) is 9.05. The Morgan fingerprint density at radius 2 is 1.90 bits per heavy atom. The molecule has 0 saturated carbocycles. The number of aromatic nitrogens is 2. The van der Waals surface area contributed by atoms with Crippen LogP contribution in [0.4, 0.5) is 5.69 Å². The van der Waals surface area contributed by atoms with Gasteiger partial charge in [-0.05, 0) is 50.1 Å². The molecule has 3 rings (SSSR count). The Bertz CT molecular complexity index is 1020. The number of carbonyl (C=O) groups excluding carboxylic acids is 1. The third kappa shape index (κ3) is 4.56. The van der Waals surface area contributed by atoms with Crippen LogP contribution in [0.2, 0.25) is 0 Å². The number of amides is 1. The number of nitrogens with zero attached hydrogens (tertiary/aromatic N) is 2. The van der Waals surface area contributed by atoms with Crippen LogP contribution in [0.5, 0.6) is 11.5 Å². The van der Waals surface area contributed by atoms with Gasteiger partial charge in [-0.3, -0.25) is 9.36 Å². The molecule has 0 aliphatic rings. The zero-order chi connectivity index (χ0) is 21.0. The molecule has 0 aliphatic carbocycles. The highest BCUT2D eigenvalue weighted by Crippen LogP contribution is 2.31. The molecule has 1 N–H and O–H groups in total. The number of anilines is 1. The first-order valence-electron chi connectivity index (χ1n) is 9.24. The summed E-state index contributed by atoms with van der Waals surface area (Å²) in [7, 11) is 3.14. The molecule has 0 fully saturated rings. The number of methoxy groups -OCH3 is 2. The van der Waals surface area contributed by atoms with Crippen molar-refractivity contribution >= 4 is 23.4 Å². The minimum Gasteiger partial charge on any atom is -0.493 e. The third-order valence-electron chi connectivity index (χ3n) is 4.74. The molecule has 2 aromatic carbocycles. The van der Waals surface area contributed by atoms with Gasteiger partial charge in [0.05, 0.1) is 25.2 Å². The quantitative estimate of drug-likeness (QED) is 0.575. The molecule has 0 saturated heterocycles. The highest BCUT2D eigenvalue weighted by Gasteiger charge is 2.19. The van der Waals surface area contributed by atoms with E-state index in [9.17, 15) is 4.79 Å². The number of benzene rings is 2. The molecule has 1 unspecified atom stereocenters. The van der Waals surface area contributed by atoms with Gasteiger partial charge in [0.15, 0.2) is 16.7 Å². The van der Waals surface area contributed by atoms with Gasteiger partial charge in [0, 0.05) is 24.1 Å². The van der Waals surface area contributed by atoms with Crippen LogP contribution in [0.3, 0.4) is 0 Å². The van der Waals surface area contributed by atoms with Crippen molar-refractivity contribution in [1.29, 1.82) is 0 Å². The molecule has 29 heavy (non-hydrogen) atoms. The number of thioether (sulfide) groups is 1. The second-order valence-electron chi connectivity index (χ2n) is 6.62. The first-order valence-corrected chi connectivity index (χ1v) is 10.1. The van der Waals surface area contributed by atoms with Crippen LogP contribution in [-0.4, -0.2) is 34.9 Å². The van der Waals surface area contributed by atoms with Crippen LogP contribution >= 0.6 is 11.8 Å². The van der Waals surface area contributed by atoms with Gasteiger partial charge in [-0.15, -0.1) is 0 Å². The molecule has 3 aromatic rings. The largest absolute Gasteiger partial charge is 0.493 e. The SMILES string of the molecule is COc1ccc(NC(=O)C(C)Sc2nccn2-c2cccc(C)c2C)cc1OC. The normalized spacial score (nSPS) is 11.8. The van der Waals surface area contributed by atoms with E-state index in [1.165, 1.54) is 22.9 Å². The van der Waals surface area contributed by atoms with Crippen molar-refractivity contribution in [3.05, 3.63) is 59.9 Å². The van der Waals surface area contributed by atoms with Crippen LogP contribution in [0.15, 0.2) is 53.9 Å². The van der Waals surface area contributed by atoms with E-state index in [1.807, 2.05) is 23.8 Å². The maximum Gasteiger partial charge on any atom is 0.237 e. The molecule has 1 atom stereocenters. The molecule has 1 aromatic heterocycles. The lowest BCUT2D eigenvalue weighted by Gasteiger charge is -2.16. The van der Waals surface area contributed by atoms with Crippen molar-refractivity contribution < 1.29 is 14.3 Å². The number of imidazole rings is 1. The summed E-state index contributed by atoms with van der Waals surface area (Å²) in [5.41, 5.74) is 4.12. The number of hydrogen-bond donors (Lipinski definition) is 1. The van der Waals surface area contributed by atoms with E-state index in [4.69, 9.17) is 9.47 Å². The van der Waals surface area contributed by atoms with E-state index >= 15 is 0 Å². The van der Waals surface area contributed by atoms with Crippen molar-refractivity contribution in [2.45, 2.75) is 31.2 Å². The molecular formula is C22H25N3O3S. The first-order chi connectivity index (χ1) is 13.9. The van der Waals surface area contributed by atoms with Crippen LogP contribution in [0, 0.1) is 13.8 Å². The number of aryl methyl sites for hydroxylation is 1. The van der Waals surface area contributed by atoms with E-state index in [1.54, 1.807) is 38.6 Å².